The average molecular weight is 348 g/mol. The first-order valence-electron chi connectivity index (χ1n) is 6.04. The van der Waals surface area contributed by atoms with Crippen LogP contribution in [0.4, 0.5) is 0 Å². The summed E-state index contributed by atoms with van der Waals surface area (Å²) in [6.45, 7) is 2.26. The van der Waals surface area contributed by atoms with Gasteiger partial charge in [0, 0.05) is 23.0 Å². The van der Waals surface area contributed by atoms with Crippen LogP contribution in [0.5, 0.6) is 0 Å². The largest absolute Gasteiger partial charge is 0.395 e. The van der Waals surface area contributed by atoms with E-state index in [4.69, 9.17) is 5.11 Å². The van der Waals surface area contributed by atoms with Gasteiger partial charge in [-0.2, -0.15) is 4.31 Å². The fourth-order valence-electron chi connectivity index (χ4n) is 1.55. The van der Waals surface area contributed by atoms with Crippen molar-refractivity contribution >= 4 is 32.0 Å². The predicted octanol–water partition coefficient (Wildman–Crippen LogP) is 2.45. The minimum absolute atomic E-state index is 0.126. The van der Waals surface area contributed by atoms with E-state index in [0.717, 1.165) is 10.0 Å². The first-order valence-corrected chi connectivity index (χ1v) is 8.34. The van der Waals surface area contributed by atoms with E-state index in [0.29, 0.717) is 13.0 Å². The maximum Gasteiger partial charge on any atom is 0.236 e. The van der Waals surface area contributed by atoms with Gasteiger partial charge < -0.3 is 5.11 Å². The van der Waals surface area contributed by atoms with Crippen molar-refractivity contribution in [2.75, 3.05) is 19.7 Å². The summed E-state index contributed by atoms with van der Waals surface area (Å²) in [5.41, 5.74) is 0.812. The van der Waals surface area contributed by atoms with Crippen molar-refractivity contribution in [2.24, 2.45) is 0 Å². The quantitative estimate of drug-likeness (QED) is 0.824. The smallest absolute Gasteiger partial charge is 0.236 e. The maximum atomic E-state index is 12.1. The molecular weight excluding hydrogens is 330 g/mol. The SMILES string of the molecule is CCCN(CCO)S(=O)(=O)/C=C/c1ccc(Br)cc1. The number of nitrogens with zero attached hydrogens (tertiary/aromatic N) is 1. The van der Waals surface area contributed by atoms with E-state index >= 15 is 0 Å². The number of hydrogen-bond donors (Lipinski definition) is 1. The molecule has 6 heteroatoms. The maximum absolute atomic E-state index is 12.1. The Morgan fingerprint density at radius 2 is 1.89 bits per heavy atom. The Labute approximate surface area is 122 Å². The standard InChI is InChI=1S/C13H18BrNO3S/c1-2-8-15(9-10-16)19(17,18)11-7-12-3-5-13(14)6-4-12/h3-7,11,16H,2,8-10H2,1H3/b11-7+. The topological polar surface area (TPSA) is 57.6 Å². The van der Waals surface area contributed by atoms with Gasteiger partial charge >= 0.3 is 0 Å². The normalized spacial score (nSPS) is 12.4. The number of aliphatic hydroxyl groups excluding tert-OH is 1. The third kappa shape index (κ3) is 5.44. The van der Waals surface area contributed by atoms with Gasteiger partial charge in [-0.15, -0.1) is 0 Å². The fourth-order valence-corrected chi connectivity index (χ4v) is 3.09. The highest BCUT2D eigenvalue weighted by Crippen LogP contribution is 2.13. The molecule has 1 aromatic carbocycles. The molecule has 4 nitrogen and oxygen atoms in total. The summed E-state index contributed by atoms with van der Waals surface area (Å²) >= 11 is 3.32. The Bertz CT molecular complexity index is 505. The Morgan fingerprint density at radius 3 is 2.42 bits per heavy atom. The van der Waals surface area contributed by atoms with Crippen LogP contribution in [0.25, 0.3) is 6.08 Å². The summed E-state index contributed by atoms with van der Waals surface area (Å²) < 4.78 is 26.4. The van der Waals surface area contributed by atoms with E-state index < -0.39 is 10.0 Å². The van der Waals surface area contributed by atoms with Crippen LogP contribution in [0.15, 0.2) is 34.1 Å². The summed E-state index contributed by atoms with van der Waals surface area (Å²) in [5, 5.41) is 10.1. The van der Waals surface area contributed by atoms with Gasteiger partial charge in [0.15, 0.2) is 0 Å². The third-order valence-corrected chi connectivity index (χ3v) is 4.58. The van der Waals surface area contributed by atoms with E-state index in [2.05, 4.69) is 15.9 Å². The van der Waals surface area contributed by atoms with Gasteiger partial charge in [0.1, 0.15) is 0 Å². The zero-order valence-corrected chi connectivity index (χ0v) is 13.2. The number of benzene rings is 1. The molecule has 0 saturated carbocycles. The number of hydrogen-bond acceptors (Lipinski definition) is 3. The summed E-state index contributed by atoms with van der Waals surface area (Å²) in [5.74, 6) is 0. The third-order valence-electron chi connectivity index (χ3n) is 2.48. The van der Waals surface area contributed by atoms with Crippen molar-refractivity contribution in [1.82, 2.24) is 4.31 Å². The second-order valence-electron chi connectivity index (χ2n) is 4.02. The van der Waals surface area contributed by atoms with Crippen LogP contribution in [-0.4, -0.2) is 37.5 Å². The number of sulfonamides is 1. The minimum Gasteiger partial charge on any atom is -0.395 e. The molecule has 0 aliphatic heterocycles. The molecule has 0 saturated heterocycles. The van der Waals surface area contributed by atoms with Crippen LogP contribution in [0.3, 0.4) is 0 Å². The van der Waals surface area contributed by atoms with Crippen LogP contribution in [0.2, 0.25) is 0 Å². The fraction of sp³-hybridized carbons (Fsp3) is 0.385. The average Bonchev–Trinajstić information content (AvgIpc) is 2.38. The van der Waals surface area contributed by atoms with E-state index in [-0.39, 0.29) is 13.2 Å². The van der Waals surface area contributed by atoms with Gasteiger partial charge in [0.25, 0.3) is 0 Å². The molecule has 0 radical (unpaired) electrons. The Kier molecular flexibility index (Phi) is 6.71. The molecule has 19 heavy (non-hydrogen) atoms. The Morgan fingerprint density at radius 1 is 1.26 bits per heavy atom. The van der Waals surface area contributed by atoms with Crippen molar-refractivity contribution in [1.29, 1.82) is 0 Å². The molecule has 0 heterocycles. The van der Waals surface area contributed by atoms with E-state index in [1.165, 1.54) is 9.71 Å². The molecular formula is C13H18BrNO3S. The van der Waals surface area contributed by atoms with Gasteiger partial charge in [0.05, 0.1) is 6.61 Å². The Hall–Kier alpha value is -0.690. The molecule has 0 aliphatic rings. The van der Waals surface area contributed by atoms with Gasteiger partial charge in [-0.3, -0.25) is 0 Å². The molecule has 0 amide bonds. The number of rotatable bonds is 7. The molecule has 0 unspecified atom stereocenters. The van der Waals surface area contributed by atoms with Crippen LogP contribution in [0.1, 0.15) is 18.9 Å². The summed E-state index contributed by atoms with van der Waals surface area (Å²) in [4.78, 5) is 0. The summed E-state index contributed by atoms with van der Waals surface area (Å²) in [6, 6.07) is 7.35. The lowest BCUT2D eigenvalue weighted by atomic mass is 10.2. The van der Waals surface area contributed by atoms with E-state index in [1.54, 1.807) is 6.08 Å². The van der Waals surface area contributed by atoms with Crippen molar-refractivity contribution in [3.63, 3.8) is 0 Å². The first kappa shape index (κ1) is 16.4. The van der Waals surface area contributed by atoms with Crippen molar-refractivity contribution in [2.45, 2.75) is 13.3 Å². The highest BCUT2D eigenvalue weighted by atomic mass is 79.9. The molecule has 0 bridgehead atoms. The van der Waals surface area contributed by atoms with Gasteiger partial charge in [-0.05, 0) is 30.2 Å². The highest BCUT2D eigenvalue weighted by Gasteiger charge is 2.17. The second-order valence-corrected chi connectivity index (χ2v) is 6.76. The van der Waals surface area contributed by atoms with Crippen molar-refractivity contribution in [3.8, 4) is 0 Å². The molecule has 1 aromatic rings. The van der Waals surface area contributed by atoms with Gasteiger partial charge in [-0.25, -0.2) is 8.42 Å². The Balaban J connectivity index is 2.84. The molecule has 0 aliphatic carbocycles. The molecule has 1 N–H and O–H groups in total. The molecule has 0 atom stereocenters. The lowest BCUT2D eigenvalue weighted by Gasteiger charge is -2.18. The zero-order valence-electron chi connectivity index (χ0n) is 10.8. The summed E-state index contributed by atoms with van der Waals surface area (Å²) in [6.07, 6.45) is 2.27. The molecule has 0 spiro atoms. The minimum atomic E-state index is -3.47. The van der Waals surface area contributed by atoms with Crippen LogP contribution < -0.4 is 0 Å². The molecule has 106 valence electrons. The van der Waals surface area contributed by atoms with Gasteiger partial charge in [-0.1, -0.05) is 35.0 Å². The van der Waals surface area contributed by atoms with Crippen LogP contribution in [-0.2, 0) is 10.0 Å². The van der Waals surface area contributed by atoms with Crippen LogP contribution >= 0.6 is 15.9 Å². The predicted molar refractivity (Wildman–Crippen MR) is 81.0 cm³/mol. The van der Waals surface area contributed by atoms with Crippen molar-refractivity contribution in [3.05, 3.63) is 39.7 Å². The molecule has 0 fully saturated rings. The number of aliphatic hydroxyl groups is 1. The van der Waals surface area contributed by atoms with E-state index in [1.807, 2.05) is 31.2 Å². The highest BCUT2D eigenvalue weighted by molar-refractivity contribution is 9.10. The monoisotopic (exact) mass is 347 g/mol. The lowest BCUT2D eigenvalue weighted by molar-refractivity contribution is 0.254. The number of halogens is 1. The lowest BCUT2D eigenvalue weighted by Crippen LogP contribution is -2.32. The van der Waals surface area contributed by atoms with Crippen LogP contribution in [0, 0.1) is 0 Å². The van der Waals surface area contributed by atoms with E-state index in [9.17, 15) is 8.42 Å². The van der Waals surface area contributed by atoms with Crippen molar-refractivity contribution < 1.29 is 13.5 Å². The zero-order chi connectivity index (χ0) is 14.3. The summed E-state index contributed by atoms with van der Waals surface area (Å²) in [7, 11) is -3.47. The molecule has 0 aromatic heterocycles. The first-order chi connectivity index (χ1) is 8.99. The molecule has 1 rings (SSSR count). The second kappa shape index (κ2) is 7.79. The van der Waals surface area contributed by atoms with Gasteiger partial charge in [0.2, 0.25) is 10.0 Å².